The molecule has 10 rings (SSSR count). The van der Waals surface area contributed by atoms with Crippen molar-refractivity contribution in [2.75, 3.05) is 0 Å². The quantitative estimate of drug-likeness (QED) is 0.215. The first-order valence-electron chi connectivity index (χ1n) is 14.6. The van der Waals surface area contributed by atoms with Gasteiger partial charge in [0.15, 0.2) is 0 Å². The van der Waals surface area contributed by atoms with Gasteiger partial charge in [0.1, 0.15) is 22.5 Å². The maximum atomic E-state index is 6.56. The highest BCUT2D eigenvalue weighted by Gasteiger charge is 2.21. The predicted octanol–water partition coefficient (Wildman–Crippen LogP) is 11.4. The number of hydrogen-bond acceptors (Lipinski definition) is 2. The Hall–Kier alpha value is -5.80. The van der Waals surface area contributed by atoms with Gasteiger partial charge in [-0.15, -0.1) is 0 Å². The highest BCUT2D eigenvalue weighted by Crippen LogP contribution is 2.44. The van der Waals surface area contributed by atoms with E-state index in [0.29, 0.717) is 0 Å². The Labute approximate surface area is 245 Å². The van der Waals surface area contributed by atoms with Crippen LogP contribution in [-0.2, 0) is 0 Å². The molecule has 0 saturated carbocycles. The second-order valence-electron chi connectivity index (χ2n) is 11.3. The van der Waals surface area contributed by atoms with Crippen LogP contribution in [0.15, 0.2) is 148 Å². The largest absolute Gasteiger partial charge is 0.456 e. The normalized spacial score (nSPS) is 12.2. The van der Waals surface area contributed by atoms with E-state index in [1.165, 1.54) is 32.6 Å². The van der Waals surface area contributed by atoms with E-state index in [0.717, 1.165) is 60.7 Å². The Morgan fingerprint density at radius 3 is 2.05 bits per heavy atom. The molecule has 0 aliphatic heterocycles. The Balaban J connectivity index is 1.35. The van der Waals surface area contributed by atoms with Crippen LogP contribution >= 0.6 is 0 Å². The molecule has 0 unspecified atom stereocenters. The molecule has 0 radical (unpaired) electrons. The number of rotatable bonds is 2. The molecule has 3 nitrogen and oxygen atoms in total. The molecular formula is C40H23NO2. The summed E-state index contributed by atoms with van der Waals surface area (Å²) in [5.41, 5.74) is 7.16. The SMILES string of the molecule is c1ccc2oc(-c3c4ccccc4cc4oc5ccc(-n6c7ccccc7c7ccc8ccccc8c76)cc5c34)cc2c1. The van der Waals surface area contributed by atoms with E-state index in [9.17, 15) is 0 Å². The van der Waals surface area contributed by atoms with E-state index in [-0.39, 0.29) is 0 Å². The fraction of sp³-hybridized carbons (Fsp3) is 0. The number of benzene rings is 7. The van der Waals surface area contributed by atoms with Crippen LogP contribution in [0.2, 0.25) is 0 Å². The molecule has 200 valence electrons. The van der Waals surface area contributed by atoms with Gasteiger partial charge in [0, 0.05) is 43.6 Å². The number of furan rings is 2. The predicted molar refractivity (Wildman–Crippen MR) is 178 cm³/mol. The highest BCUT2D eigenvalue weighted by molar-refractivity contribution is 6.22. The second kappa shape index (κ2) is 8.37. The van der Waals surface area contributed by atoms with E-state index in [1.54, 1.807) is 0 Å². The van der Waals surface area contributed by atoms with E-state index < -0.39 is 0 Å². The lowest BCUT2D eigenvalue weighted by molar-refractivity contribution is 0.632. The van der Waals surface area contributed by atoms with Gasteiger partial charge >= 0.3 is 0 Å². The minimum atomic E-state index is 0.846. The van der Waals surface area contributed by atoms with Crippen molar-refractivity contribution in [2.45, 2.75) is 0 Å². The zero-order valence-electron chi connectivity index (χ0n) is 23.0. The van der Waals surface area contributed by atoms with Crippen molar-refractivity contribution in [3.63, 3.8) is 0 Å². The zero-order chi connectivity index (χ0) is 28.1. The van der Waals surface area contributed by atoms with Crippen LogP contribution in [0.1, 0.15) is 0 Å². The molecule has 0 N–H and O–H groups in total. The van der Waals surface area contributed by atoms with Gasteiger partial charge in [-0.25, -0.2) is 0 Å². The number of hydrogen-bond donors (Lipinski definition) is 0. The smallest absolute Gasteiger partial charge is 0.136 e. The minimum absolute atomic E-state index is 0.846. The third-order valence-electron chi connectivity index (χ3n) is 8.95. The van der Waals surface area contributed by atoms with Gasteiger partial charge in [0.2, 0.25) is 0 Å². The summed E-state index contributed by atoms with van der Waals surface area (Å²) < 4.78 is 15.5. The van der Waals surface area contributed by atoms with Gasteiger partial charge < -0.3 is 13.4 Å². The molecule has 0 aliphatic rings. The molecule has 10 aromatic rings. The molecule has 3 aromatic heterocycles. The molecule has 7 aromatic carbocycles. The first-order chi connectivity index (χ1) is 21.3. The number of fused-ring (bicyclic) bond motifs is 10. The Kier molecular flexibility index (Phi) is 4.45. The molecule has 3 heterocycles. The molecule has 0 bridgehead atoms. The summed E-state index contributed by atoms with van der Waals surface area (Å²) in [6.45, 7) is 0. The van der Waals surface area contributed by atoms with Crippen molar-refractivity contribution in [3.05, 3.63) is 140 Å². The van der Waals surface area contributed by atoms with E-state index >= 15 is 0 Å². The molecule has 0 aliphatic carbocycles. The third-order valence-corrected chi connectivity index (χ3v) is 8.95. The summed E-state index contributed by atoms with van der Waals surface area (Å²) in [6.07, 6.45) is 0. The fourth-order valence-electron chi connectivity index (χ4n) is 7.09. The Bertz CT molecular complexity index is 2700. The summed E-state index contributed by atoms with van der Waals surface area (Å²) in [5.74, 6) is 0.846. The van der Waals surface area contributed by atoms with Gasteiger partial charge in [-0.3, -0.25) is 0 Å². The van der Waals surface area contributed by atoms with Gasteiger partial charge in [-0.1, -0.05) is 97.1 Å². The molecule has 0 fully saturated rings. The van der Waals surface area contributed by atoms with Crippen LogP contribution in [0, 0.1) is 0 Å². The second-order valence-corrected chi connectivity index (χ2v) is 11.3. The third kappa shape index (κ3) is 3.14. The van der Waals surface area contributed by atoms with Gasteiger partial charge in [-0.05, 0) is 58.6 Å². The van der Waals surface area contributed by atoms with Crippen molar-refractivity contribution in [2.24, 2.45) is 0 Å². The molecule has 0 spiro atoms. The van der Waals surface area contributed by atoms with Crippen LogP contribution in [0.4, 0.5) is 0 Å². The minimum Gasteiger partial charge on any atom is -0.456 e. The van der Waals surface area contributed by atoms with E-state index in [1.807, 2.05) is 12.1 Å². The van der Waals surface area contributed by atoms with Gasteiger partial charge in [0.25, 0.3) is 0 Å². The first-order valence-corrected chi connectivity index (χ1v) is 14.6. The number of nitrogens with zero attached hydrogens (tertiary/aromatic N) is 1. The molecule has 0 saturated heterocycles. The Morgan fingerprint density at radius 2 is 1.16 bits per heavy atom. The maximum absolute atomic E-state index is 6.56. The molecular weight excluding hydrogens is 526 g/mol. The van der Waals surface area contributed by atoms with Crippen molar-refractivity contribution in [1.29, 1.82) is 0 Å². The fourth-order valence-corrected chi connectivity index (χ4v) is 7.09. The van der Waals surface area contributed by atoms with Crippen LogP contribution < -0.4 is 0 Å². The topological polar surface area (TPSA) is 31.2 Å². The average Bonchev–Trinajstić information content (AvgIpc) is 3.75. The molecule has 3 heteroatoms. The van der Waals surface area contributed by atoms with Gasteiger partial charge in [-0.2, -0.15) is 0 Å². The molecule has 0 atom stereocenters. The summed E-state index contributed by atoms with van der Waals surface area (Å²) in [6, 6.07) is 49.4. The van der Waals surface area contributed by atoms with Crippen LogP contribution in [0.5, 0.6) is 0 Å². The van der Waals surface area contributed by atoms with Crippen molar-refractivity contribution in [1.82, 2.24) is 4.57 Å². The summed E-state index contributed by atoms with van der Waals surface area (Å²) in [7, 11) is 0. The standard InChI is InChI=1S/C40H23NO2/c1-5-13-29-24(9-1)17-19-31-30-14-6-7-15-33(30)41(40(29)31)27-18-20-35-32(23-27)39-36(43-35)21-25-10-2-4-12-28(25)38(39)37-22-26-11-3-8-16-34(26)42-37/h1-23H. The van der Waals surface area contributed by atoms with Crippen LogP contribution in [0.3, 0.4) is 0 Å². The zero-order valence-corrected chi connectivity index (χ0v) is 23.0. The molecule has 0 amide bonds. The number of aromatic nitrogens is 1. The Morgan fingerprint density at radius 1 is 0.419 bits per heavy atom. The average molecular weight is 550 g/mol. The summed E-state index contributed by atoms with van der Waals surface area (Å²) >= 11 is 0. The van der Waals surface area contributed by atoms with Crippen molar-refractivity contribution >= 4 is 76.3 Å². The number of para-hydroxylation sites is 2. The van der Waals surface area contributed by atoms with Crippen LogP contribution in [0.25, 0.3) is 93.3 Å². The summed E-state index contributed by atoms with van der Waals surface area (Å²) in [4.78, 5) is 0. The highest BCUT2D eigenvalue weighted by atomic mass is 16.3. The van der Waals surface area contributed by atoms with E-state index in [2.05, 4.69) is 132 Å². The maximum Gasteiger partial charge on any atom is 0.136 e. The van der Waals surface area contributed by atoms with Crippen molar-refractivity contribution in [3.8, 4) is 17.0 Å². The first kappa shape index (κ1) is 22.8. The molecule has 43 heavy (non-hydrogen) atoms. The van der Waals surface area contributed by atoms with Crippen LogP contribution in [-0.4, -0.2) is 4.57 Å². The summed E-state index contributed by atoms with van der Waals surface area (Å²) in [5, 5.41) is 10.5. The monoisotopic (exact) mass is 549 g/mol. The van der Waals surface area contributed by atoms with Crippen molar-refractivity contribution < 1.29 is 8.83 Å². The van der Waals surface area contributed by atoms with E-state index in [4.69, 9.17) is 8.83 Å². The lowest BCUT2D eigenvalue weighted by Gasteiger charge is -2.11. The lowest BCUT2D eigenvalue weighted by atomic mass is 9.96. The lowest BCUT2D eigenvalue weighted by Crippen LogP contribution is -1.94. The van der Waals surface area contributed by atoms with Gasteiger partial charge in [0.05, 0.1) is 11.0 Å².